The molecule has 3 aromatic rings. The Hall–Kier alpha value is -2.22. The van der Waals surface area contributed by atoms with Gasteiger partial charge in [0.1, 0.15) is 10.8 Å². The minimum atomic E-state index is -0.492. The molecule has 0 radical (unpaired) electrons. The molecule has 9 heteroatoms. The predicted octanol–water partition coefficient (Wildman–Crippen LogP) is 5.22. The number of hydrogen-bond donors (Lipinski definition) is 2. The van der Waals surface area contributed by atoms with E-state index >= 15 is 0 Å². The van der Waals surface area contributed by atoms with Crippen LogP contribution in [0, 0.1) is 5.82 Å². The smallest absolute Gasteiger partial charge is 0.306 e. The van der Waals surface area contributed by atoms with Crippen molar-refractivity contribution in [2.24, 2.45) is 0 Å². The van der Waals surface area contributed by atoms with Gasteiger partial charge in [0, 0.05) is 11.4 Å². The summed E-state index contributed by atoms with van der Waals surface area (Å²) in [7, 11) is 0. The molecule has 3 rings (SSSR count). The van der Waals surface area contributed by atoms with Crippen molar-refractivity contribution in [2.75, 3.05) is 10.6 Å². The number of rotatable bonds is 4. The monoisotopic (exact) mass is 396 g/mol. The van der Waals surface area contributed by atoms with Gasteiger partial charge in [0.05, 0.1) is 10.7 Å². The largest absolute Gasteiger partial charge is 0.325 e. The zero-order chi connectivity index (χ0) is 17.8. The Bertz CT molecular complexity index is 901. The van der Waals surface area contributed by atoms with Crippen molar-refractivity contribution >= 4 is 51.4 Å². The molecule has 1 heterocycles. The van der Waals surface area contributed by atoms with Gasteiger partial charge >= 0.3 is 6.03 Å². The van der Waals surface area contributed by atoms with Gasteiger partial charge < -0.3 is 5.32 Å². The number of carbonyl (C=O) groups is 1. The molecule has 0 atom stereocenters. The third kappa shape index (κ3) is 4.88. The van der Waals surface area contributed by atoms with Crippen LogP contribution in [-0.4, -0.2) is 16.2 Å². The van der Waals surface area contributed by atoms with Gasteiger partial charge in [-0.1, -0.05) is 46.7 Å². The Morgan fingerprint density at radius 2 is 1.84 bits per heavy atom. The van der Waals surface area contributed by atoms with Crippen molar-refractivity contribution in [3.8, 4) is 0 Å². The molecule has 1 aromatic heterocycles. The average Bonchev–Trinajstić information content (AvgIpc) is 2.99. The van der Waals surface area contributed by atoms with Gasteiger partial charge in [0.25, 0.3) is 0 Å². The molecule has 128 valence electrons. The molecule has 0 aliphatic carbocycles. The fourth-order valence-electron chi connectivity index (χ4n) is 1.99. The average molecular weight is 397 g/mol. The molecule has 0 fully saturated rings. The molecule has 2 N–H and O–H groups in total. The van der Waals surface area contributed by atoms with Crippen LogP contribution in [0.4, 0.5) is 20.0 Å². The van der Waals surface area contributed by atoms with E-state index in [1.54, 1.807) is 24.3 Å². The quantitative estimate of drug-likeness (QED) is 0.635. The first-order chi connectivity index (χ1) is 12.0. The van der Waals surface area contributed by atoms with Gasteiger partial charge in [0.15, 0.2) is 0 Å². The highest BCUT2D eigenvalue weighted by molar-refractivity contribution is 7.15. The fourth-order valence-corrected chi connectivity index (χ4v) is 3.22. The number of urea groups is 1. The van der Waals surface area contributed by atoms with Gasteiger partial charge in [-0.3, -0.25) is 5.32 Å². The maximum absolute atomic E-state index is 12.9. The Morgan fingerprint density at radius 1 is 1.08 bits per heavy atom. The van der Waals surface area contributed by atoms with Gasteiger partial charge in [-0.05, 0) is 35.9 Å². The summed E-state index contributed by atoms with van der Waals surface area (Å²) in [5, 5.41) is 15.0. The van der Waals surface area contributed by atoms with Crippen molar-refractivity contribution in [1.82, 2.24) is 10.2 Å². The van der Waals surface area contributed by atoms with E-state index in [-0.39, 0.29) is 5.82 Å². The normalized spacial score (nSPS) is 10.5. The lowest BCUT2D eigenvalue weighted by Crippen LogP contribution is -2.19. The lowest BCUT2D eigenvalue weighted by Gasteiger charge is -2.07. The number of halogens is 3. The van der Waals surface area contributed by atoms with Crippen molar-refractivity contribution in [3.63, 3.8) is 0 Å². The number of hydrogen-bond acceptors (Lipinski definition) is 4. The minimum Gasteiger partial charge on any atom is -0.306 e. The summed E-state index contributed by atoms with van der Waals surface area (Å²) >= 11 is 13.0. The highest BCUT2D eigenvalue weighted by Gasteiger charge is 2.10. The molecule has 0 aliphatic rings. The van der Waals surface area contributed by atoms with E-state index in [1.165, 1.54) is 29.5 Å². The van der Waals surface area contributed by atoms with Crippen LogP contribution < -0.4 is 10.6 Å². The Morgan fingerprint density at radius 3 is 2.56 bits per heavy atom. The lowest BCUT2D eigenvalue weighted by molar-refractivity contribution is 0.262. The summed E-state index contributed by atoms with van der Waals surface area (Å²) in [6.45, 7) is 0. The van der Waals surface area contributed by atoms with Crippen molar-refractivity contribution in [1.29, 1.82) is 0 Å². The predicted molar refractivity (Wildman–Crippen MR) is 98.2 cm³/mol. The molecule has 25 heavy (non-hydrogen) atoms. The first-order valence-electron chi connectivity index (χ1n) is 7.09. The topological polar surface area (TPSA) is 66.9 Å². The third-order valence-electron chi connectivity index (χ3n) is 3.14. The molecule has 5 nitrogen and oxygen atoms in total. The van der Waals surface area contributed by atoms with Crippen LogP contribution in [0.3, 0.4) is 0 Å². The summed E-state index contributed by atoms with van der Waals surface area (Å²) in [6, 6.07) is 10.4. The summed E-state index contributed by atoms with van der Waals surface area (Å²) in [6.07, 6.45) is 0.504. The molecular weight excluding hydrogens is 386 g/mol. The van der Waals surface area contributed by atoms with Gasteiger partial charge in [-0.15, -0.1) is 10.2 Å². The summed E-state index contributed by atoms with van der Waals surface area (Å²) in [5.74, 6) is -0.291. The van der Waals surface area contributed by atoms with Crippen LogP contribution in [0.25, 0.3) is 0 Å². The fraction of sp³-hybridized carbons (Fsp3) is 0.0625. The number of benzene rings is 2. The van der Waals surface area contributed by atoms with Crippen LogP contribution in [0.15, 0.2) is 42.5 Å². The molecular formula is C16H11Cl2FN4OS. The van der Waals surface area contributed by atoms with Crippen molar-refractivity contribution < 1.29 is 9.18 Å². The van der Waals surface area contributed by atoms with E-state index in [0.29, 0.717) is 32.3 Å². The minimum absolute atomic E-state index is 0.291. The Labute approximate surface area is 156 Å². The maximum Gasteiger partial charge on any atom is 0.325 e. The van der Waals surface area contributed by atoms with E-state index < -0.39 is 6.03 Å². The number of anilines is 2. The zero-order valence-electron chi connectivity index (χ0n) is 12.6. The van der Waals surface area contributed by atoms with E-state index in [9.17, 15) is 9.18 Å². The molecule has 0 spiro atoms. The third-order valence-corrected chi connectivity index (χ3v) is 4.52. The Balaban J connectivity index is 1.60. The number of nitrogens with one attached hydrogen (secondary N) is 2. The second kappa shape index (κ2) is 7.77. The summed E-state index contributed by atoms with van der Waals surface area (Å²) < 4.78 is 12.9. The second-order valence-corrected chi connectivity index (χ2v) is 6.91. The van der Waals surface area contributed by atoms with Crippen LogP contribution in [0.5, 0.6) is 0 Å². The van der Waals surface area contributed by atoms with Crippen LogP contribution >= 0.6 is 34.5 Å². The van der Waals surface area contributed by atoms with Crippen molar-refractivity contribution in [2.45, 2.75) is 6.42 Å². The molecule has 2 amide bonds. The zero-order valence-corrected chi connectivity index (χ0v) is 14.9. The first kappa shape index (κ1) is 17.6. The van der Waals surface area contributed by atoms with Gasteiger partial charge in [-0.25, -0.2) is 9.18 Å². The first-order valence-corrected chi connectivity index (χ1v) is 8.67. The molecule has 0 unspecified atom stereocenters. The standard InChI is InChI=1S/C16H11Cl2FN4OS/c17-10-3-6-13(12(18)8-10)20-15(24)21-16-23-22-14(25-16)7-9-1-4-11(19)5-2-9/h1-6,8H,7H2,(H2,20,21,23,24). The summed E-state index contributed by atoms with van der Waals surface area (Å²) in [5.41, 5.74) is 1.33. The molecule has 0 saturated heterocycles. The highest BCUT2D eigenvalue weighted by atomic mass is 35.5. The molecule has 2 aromatic carbocycles. The molecule has 0 bridgehead atoms. The van der Waals surface area contributed by atoms with E-state index in [4.69, 9.17) is 23.2 Å². The van der Waals surface area contributed by atoms with Gasteiger partial charge in [0.2, 0.25) is 5.13 Å². The second-order valence-electron chi connectivity index (χ2n) is 5.01. The SMILES string of the molecule is O=C(Nc1nnc(Cc2ccc(F)cc2)s1)Nc1ccc(Cl)cc1Cl. The van der Waals surface area contributed by atoms with Crippen molar-refractivity contribution in [3.05, 3.63) is 68.9 Å². The molecule has 0 saturated carbocycles. The lowest BCUT2D eigenvalue weighted by atomic mass is 10.2. The number of amides is 2. The Kier molecular flexibility index (Phi) is 5.47. The van der Waals surface area contributed by atoms with Crippen LogP contribution in [0.1, 0.15) is 10.6 Å². The maximum atomic E-state index is 12.9. The van der Waals surface area contributed by atoms with E-state index in [2.05, 4.69) is 20.8 Å². The van der Waals surface area contributed by atoms with E-state index in [0.717, 1.165) is 5.56 Å². The van der Waals surface area contributed by atoms with Crippen LogP contribution in [-0.2, 0) is 6.42 Å². The number of carbonyl (C=O) groups excluding carboxylic acids is 1. The molecule has 0 aliphatic heterocycles. The van der Waals surface area contributed by atoms with Gasteiger partial charge in [-0.2, -0.15) is 0 Å². The number of nitrogens with zero attached hydrogens (tertiary/aromatic N) is 2. The summed E-state index contributed by atoms with van der Waals surface area (Å²) in [4.78, 5) is 12.0. The highest BCUT2D eigenvalue weighted by Crippen LogP contribution is 2.26. The van der Waals surface area contributed by atoms with E-state index in [1.807, 2.05) is 0 Å². The number of aromatic nitrogens is 2. The van der Waals surface area contributed by atoms with Crippen LogP contribution in [0.2, 0.25) is 10.0 Å².